The third-order valence-electron chi connectivity index (χ3n) is 9.40. The lowest BCUT2D eigenvalue weighted by Gasteiger charge is -2.22. The molecule has 0 saturated heterocycles. The van der Waals surface area contributed by atoms with Crippen molar-refractivity contribution >= 4 is 17.6 Å². The Bertz CT molecular complexity index is 1950. The number of carboxylic acids is 1. The van der Waals surface area contributed by atoms with Gasteiger partial charge in [0.05, 0.1) is 29.9 Å². The van der Waals surface area contributed by atoms with Crippen LogP contribution >= 0.6 is 0 Å². The number of carbonyl (C=O) groups is 2. The van der Waals surface area contributed by atoms with E-state index in [0.29, 0.717) is 39.9 Å². The Labute approximate surface area is 316 Å². The van der Waals surface area contributed by atoms with Gasteiger partial charge < -0.3 is 34.9 Å². The van der Waals surface area contributed by atoms with E-state index in [-0.39, 0.29) is 50.2 Å². The number of rotatable bonds is 19. The number of aliphatic hydroxyl groups is 1. The van der Waals surface area contributed by atoms with Gasteiger partial charge in [0, 0.05) is 36.0 Å². The number of aliphatic hydroxyl groups excluding tert-OH is 1. The van der Waals surface area contributed by atoms with Crippen molar-refractivity contribution in [1.82, 2.24) is 9.88 Å². The van der Waals surface area contributed by atoms with E-state index in [2.05, 4.69) is 17.6 Å². The Morgan fingerprint density at radius 2 is 1.50 bits per heavy atom. The highest BCUT2D eigenvalue weighted by Gasteiger charge is 2.31. The minimum atomic E-state index is -1.05. The number of aliphatic carboxylic acids is 1. The Kier molecular flexibility index (Phi) is 14.2. The molecule has 0 aliphatic heterocycles. The van der Waals surface area contributed by atoms with Gasteiger partial charge in [-0.3, -0.25) is 9.59 Å². The van der Waals surface area contributed by atoms with Crippen molar-refractivity contribution in [3.05, 3.63) is 132 Å². The van der Waals surface area contributed by atoms with Crippen molar-refractivity contribution in [2.45, 2.75) is 77.2 Å². The molecule has 1 heterocycles. The summed E-state index contributed by atoms with van der Waals surface area (Å²) in [6.45, 7) is 6.23. The van der Waals surface area contributed by atoms with E-state index in [1.165, 1.54) is 12.1 Å². The Hall–Kier alpha value is -5.29. The molecule has 10 heteroatoms. The summed E-state index contributed by atoms with van der Waals surface area (Å²) < 4.78 is 27.9. The monoisotopic (exact) mass is 735 g/mol. The fraction of sp³-hybridized carbons (Fsp3) is 0.318. The third-order valence-corrected chi connectivity index (χ3v) is 9.40. The van der Waals surface area contributed by atoms with Crippen molar-refractivity contribution < 1.29 is 33.7 Å². The van der Waals surface area contributed by atoms with Gasteiger partial charge in [-0.05, 0) is 98.0 Å². The summed E-state index contributed by atoms with van der Waals surface area (Å²) in [5, 5.41) is 27.3. The molecule has 0 aliphatic carbocycles. The minimum absolute atomic E-state index is 0.0492. The fourth-order valence-corrected chi connectivity index (χ4v) is 6.69. The van der Waals surface area contributed by atoms with Crippen molar-refractivity contribution in [1.29, 1.82) is 0 Å². The lowest BCUT2D eigenvalue weighted by atomic mass is 9.94. The van der Waals surface area contributed by atoms with E-state index < -0.39 is 18.2 Å². The Balaban J connectivity index is 1.42. The highest BCUT2D eigenvalue weighted by molar-refractivity contribution is 6.12. The molecule has 4 aromatic carbocycles. The van der Waals surface area contributed by atoms with Crippen LogP contribution in [0.5, 0.6) is 5.75 Å². The molecule has 4 N–H and O–H groups in total. The first-order valence-electron chi connectivity index (χ1n) is 18.4. The molecular formula is C44H50FN3O6. The van der Waals surface area contributed by atoms with Gasteiger partial charge in [0.2, 0.25) is 0 Å². The number of aromatic nitrogens is 1. The quantitative estimate of drug-likeness (QED) is 0.0628. The van der Waals surface area contributed by atoms with Crippen molar-refractivity contribution in [2.75, 3.05) is 19.2 Å². The highest BCUT2D eigenvalue weighted by Crippen LogP contribution is 2.42. The Morgan fingerprint density at radius 1 is 0.852 bits per heavy atom. The average molecular weight is 736 g/mol. The topological polar surface area (TPSA) is 122 Å². The lowest BCUT2D eigenvalue weighted by molar-refractivity contribution is -0.142. The summed E-state index contributed by atoms with van der Waals surface area (Å²) in [5.41, 5.74) is 5.98. The first kappa shape index (κ1) is 39.9. The molecule has 5 aromatic rings. The van der Waals surface area contributed by atoms with Crippen LogP contribution in [-0.2, 0) is 22.5 Å². The van der Waals surface area contributed by atoms with Crippen molar-refractivity contribution in [3.8, 4) is 28.1 Å². The van der Waals surface area contributed by atoms with Crippen molar-refractivity contribution in [3.63, 3.8) is 0 Å². The maximum atomic E-state index is 14.3. The van der Waals surface area contributed by atoms with Crippen molar-refractivity contribution in [2.24, 2.45) is 0 Å². The molecule has 54 heavy (non-hydrogen) atoms. The van der Waals surface area contributed by atoms with E-state index in [0.717, 1.165) is 23.2 Å². The van der Waals surface area contributed by atoms with Gasteiger partial charge in [-0.15, -0.1) is 0 Å². The number of benzene rings is 4. The maximum Gasteiger partial charge on any atom is 0.305 e. The molecular weight excluding hydrogens is 685 g/mol. The molecule has 0 spiro atoms. The SMILES string of the molecule is CNC(C)Cc1ccc(OCO[C@@H](CC(=O)O)C[C@H](O)CCn2c(-c3ccc(F)cc3)c(-c3ccccc3)c(C(=O)Nc3ccccc3)c2C(C)C)cc1. The van der Waals surface area contributed by atoms with Crippen LogP contribution in [0.15, 0.2) is 109 Å². The van der Waals surface area contributed by atoms with E-state index in [1.807, 2.05) is 110 Å². The standard InChI is InChI=1S/C44H50FN3O6/c1-29(2)42-41(44(52)47-35-13-9-6-10-14-35)40(32-11-7-5-8-12-32)43(33-17-19-34(45)20-18-33)48(42)24-23-36(49)26-38(27-39(50)51)54-28-53-37-21-15-31(16-22-37)25-30(3)46-4/h5-22,29-30,36,38,46,49H,23-28H2,1-4H3,(H,47,52)(H,50,51)/t30?,36-,38-/m1/s1. The molecule has 1 unspecified atom stereocenters. The molecule has 0 fully saturated rings. The molecule has 0 aliphatic rings. The van der Waals surface area contributed by atoms with Gasteiger partial charge in [-0.2, -0.15) is 0 Å². The van der Waals surface area contributed by atoms with Gasteiger partial charge in [-0.25, -0.2) is 4.39 Å². The number of para-hydroxylation sites is 1. The number of carboxylic acid groups (broad SMARTS) is 1. The second-order valence-electron chi connectivity index (χ2n) is 13.8. The third kappa shape index (κ3) is 10.7. The van der Waals surface area contributed by atoms with Gasteiger partial charge in [0.25, 0.3) is 5.91 Å². The summed E-state index contributed by atoms with van der Waals surface area (Å²) in [7, 11) is 1.92. The minimum Gasteiger partial charge on any atom is -0.481 e. The van der Waals surface area contributed by atoms with Crippen LogP contribution in [0, 0.1) is 5.82 Å². The number of nitrogens with one attached hydrogen (secondary N) is 2. The number of amides is 1. The molecule has 5 rings (SSSR count). The molecule has 284 valence electrons. The van der Waals surface area contributed by atoms with Gasteiger partial charge in [0.1, 0.15) is 11.6 Å². The summed E-state index contributed by atoms with van der Waals surface area (Å²) in [6, 6.07) is 33.0. The van der Waals surface area contributed by atoms with E-state index in [1.54, 1.807) is 12.1 Å². The second-order valence-corrected chi connectivity index (χ2v) is 13.8. The predicted molar refractivity (Wildman–Crippen MR) is 210 cm³/mol. The summed E-state index contributed by atoms with van der Waals surface area (Å²) in [4.78, 5) is 26.1. The molecule has 1 aromatic heterocycles. The second kappa shape index (κ2) is 19.2. The number of carbonyl (C=O) groups excluding carboxylic acids is 1. The molecule has 0 bridgehead atoms. The number of anilines is 1. The largest absolute Gasteiger partial charge is 0.481 e. The lowest BCUT2D eigenvalue weighted by Crippen LogP contribution is -2.26. The number of hydrogen-bond donors (Lipinski definition) is 4. The maximum absolute atomic E-state index is 14.3. The van der Waals surface area contributed by atoms with Crippen LogP contribution < -0.4 is 15.4 Å². The summed E-state index contributed by atoms with van der Waals surface area (Å²) >= 11 is 0. The first-order chi connectivity index (χ1) is 26.0. The zero-order valence-electron chi connectivity index (χ0n) is 31.3. The van der Waals surface area contributed by atoms with Gasteiger partial charge >= 0.3 is 5.97 Å². The molecule has 1 amide bonds. The van der Waals surface area contributed by atoms with Crippen LogP contribution in [-0.4, -0.2) is 58.7 Å². The van der Waals surface area contributed by atoms with Gasteiger partial charge in [-0.1, -0.05) is 74.5 Å². The number of nitrogens with zero attached hydrogens (tertiary/aromatic N) is 1. The number of hydrogen-bond acceptors (Lipinski definition) is 6. The van der Waals surface area contributed by atoms with E-state index in [4.69, 9.17) is 9.47 Å². The zero-order valence-corrected chi connectivity index (χ0v) is 31.3. The first-order valence-corrected chi connectivity index (χ1v) is 18.4. The fourth-order valence-electron chi connectivity index (χ4n) is 6.69. The van der Waals surface area contributed by atoms with E-state index >= 15 is 0 Å². The molecule has 0 saturated carbocycles. The smallest absolute Gasteiger partial charge is 0.305 e. The van der Waals surface area contributed by atoms with Crippen LogP contribution in [0.25, 0.3) is 22.4 Å². The zero-order chi connectivity index (χ0) is 38.6. The van der Waals surface area contributed by atoms with Gasteiger partial charge in [0.15, 0.2) is 6.79 Å². The molecule has 9 nitrogen and oxygen atoms in total. The summed E-state index contributed by atoms with van der Waals surface area (Å²) in [5.74, 6) is -1.26. The molecule has 0 radical (unpaired) electrons. The average Bonchev–Trinajstić information content (AvgIpc) is 3.51. The predicted octanol–water partition coefficient (Wildman–Crippen LogP) is 8.52. The number of halogens is 1. The summed E-state index contributed by atoms with van der Waals surface area (Å²) in [6.07, 6.45) is -0.935. The van der Waals surface area contributed by atoms with Crippen LogP contribution in [0.3, 0.4) is 0 Å². The number of likely N-dealkylation sites (N-methyl/N-ethyl adjacent to an activating group) is 1. The normalized spacial score (nSPS) is 13.0. The van der Waals surface area contributed by atoms with Crippen LogP contribution in [0.2, 0.25) is 0 Å². The van der Waals surface area contributed by atoms with Crippen LogP contribution in [0.1, 0.15) is 67.6 Å². The van der Waals surface area contributed by atoms with Crippen LogP contribution in [0.4, 0.5) is 10.1 Å². The number of ether oxygens (including phenoxy) is 2. The highest BCUT2D eigenvalue weighted by atomic mass is 19.1. The molecule has 3 atom stereocenters. The Morgan fingerprint density at radius 3 is 2.11 bits per heavy atom. The van der Waals surface area contributed by atoms with E-state index in [9.17, 15) is 24.2 Å².